The highest BCUT2D eigenvalue weighted by molar-refractivity contribution is 8.02. The van der Waals surface area contributed by atoms with Gasteiger partial charge in [-0.1, -0.05) is 72.1 Å². The first kappa shape index (κ1) is 23.8. The number of rotatable bonds is 8. The van der Waals surface area contributed by atoms with Gasteiger partial charge in [0.15, 0.2) is 0 Å². The largest absolute Gasteiger partial charge is 0.315 e. The van der Waals surface area contributed by atoms with Crippen LogP contribution in [0.4, 0.5) is 11.4 Å². The molecule has 0 radical (unpaired) electrons. The Hall–Kier alpha value is -3.36. The van der Waals surface area contributed by atoms with Gasteiger partial charge in [0.1, 0.15) is 10.1 Å². The maximum Gasteiger partial charge on any atom is 0.237 e. The molecule has 0 bridgehead atoms. The molecule has 6 nitrogen and oxygen atoms in total. The molecule has 172 valence electrons. The highest BCUT2D eigenvalue weighted by atomic mass is 32.2. The lowest BCUT2D eigenvalue weighted by molar-refractivity contribution is -0.116. The van der Waals surface area contributed by atoms with E-state index in [-0.39, 0.29) is 23.3 Å². The van der Waals surface area contributed by atoms with E-state index in [1.165, 1.54) is 23.5 Å². The van der Waals surface area contributed by atoms with Gasteiger partial charge >= 0.3 is 0 Å². The number of carbonyl (C=O) groups excluding carboxylic acids is 2. The zero-order valence-corrected chi connectivity index (χ0v) is 20.6. The van der Waals surface area contributed by atoms with E-state index < -0.39 is 0 Å². The van der Waals surface area contributed by atoms with Crippen LogP contribution in [0.5, 0.6) is 0 Å². The predicted octanol–water partition coefficient (Wildman–Crippen LogP) is 5.14. The van der Waals surface area contributed by atoms with Gasteiger partial charge < -0.3 is 9.80 Å². The second-order valence-corrected chi connectivity index (χ2v) is 9.40. The molecule has 8 heteroatoms. The zero-order valence-electron chi connectivity index (χ0n) is 18.9. The topological polar surface area (TPSA) is 66.4 Å². The van der Waals surface area contributed by atoms with E-state index in [0.717, 1.165) is 22.4 Å². The van der Waals surface area contributed by atoms with Crippen molar-refractivity contribution >= 4 is 57.7 Å². The lowest BCUT2D eigenvalue weighted by Crippen LogP contribution is -2.28. The SMILES string of the molecule is CN(C(=O)CSc1nc2ccccc2nc1SCC(=O)N(C)c1ccccc1)c1ccccc1. The number of para-hydroxylation sites is 4. The van der Waals surface area contributed by atoms with Gasteiger partial charge in [-0.25, -0.2) is 9.97 Å². The maximum absolute atomic E-state index is 12.8. The molecule has 0 aliphatic rings. The Bertz CT molecular complexity index is 1190. The number of amides is 2. The van der Waals surface area contributed by atoms with Gasteiger partial charge in [0, 0.05) is 25.5 Å². The third-order valence-corrected chi connectivity index (χ3v) is 7.24. The van der Waals surface area contributed by atoms with Crippen molar-refractivity contribution in [2.24, 2.45) is 0 Å². The molecule has 0 spiro atoms. The zero-order chi connectivity index (χ0) is 23.9. The van der Waals surface area contributed by atoms with Crippen molar-refractivity contribution in [3.8, 4) is 0 Å². The van der Waals surface area contributed by atoms with Crippen molar-refractivity contribution in [1.29, 1.82) is 0 Å². The molecule has 0 aliphatic heterocycles. The van der Waals surface area contributed by atoms with Crippen LogP contribution in [0.3, 0.4) is 0 Å². The van der Waals surface area contributed by atoms with Gasteiger partial charge in [0.25, 0.3) is 0 Å². The standard InChI is InChI=1S/C26H24N4O2S2/c1-29(19-11-5-3-6-12-19)23(31)17-33-25-26(28-22-16-10-9-15-21(22)27-25)34-18-24(32)30(2)20-13-7-4-8-14-20/h3-16H,17-18H2,1-2H3. The Morgan fingerprint density at radius 2 is 0.971 bits per heavy atom. The molecule has 4 aromatic rings. The molecule has 0 saturated heterocycles. The third-order valence-electron chi connectivity index (χ3n) is 5.21. The molecule has 0 atom stereocenters. The van der Waals surface area contributed by atoms with Gasteiger partial charge in [-0.15, -0.1) is 0 Å². The van der Waals surface area contributed by atoms with Gasteiger partial charge in [-0.2, -0.15) is 0 Å². The lowest BCUT2D eigenvalue weighted by Gasteiger charge is -2.18. The van der Waals surface area contributed by atoms with Crippen LogP contribution < -0.4 is 9.80 Å². The lowest BCUT2D eigenvalue weighted by atomic mass is 10.3. The summed E-state index contributed by atoms with van der Waals surface area (Å²) in [5.74, 6) is 0.345. The van der Waals surface area contributed by atoms with Gasteiger partial charge in [0.05, 0.1) is 22.5 Å². The molecule has 3 aromatic carbocycles. The smallest absolute Gasteiger partial charge is 0.237 e. The number of hydrogen-bond donors (Lipinski definition) is 0. The van der Waals surface area contributed by atoms with Gasteiger partial charge in [-0.05, 0) is 36.4 Å². The average molecular weight is 489 g/mol. The summed E-state index contributed by atoms with van der Waals surface area (Å²) in [4.78, 5) is 38.3. The van der Waals surface area contributed by atoms with Crippen LogP contribution in [0.25, 0.3) is 11.0 Å². The number of carbonyl (C=O) groups is 2. The molecule has 34 heavy (non-hydrogen) atoms. The van der Waals surface area contributed by atoms with Crippen LogP contribution in [0.15, 0.2) is 95.0 Å². The van der Waals surface area contributed by atoms with Crippen molar-refractivity contribution in [3.05, 3.63) is 84.9 Å². The summed E-state index contributed by atoms with van der Waals surface area (Å²) in [6, 6.07) is 26.6. The second-order valence-electron chi connectivity index (χ2n) is 7.48. The number of aromatic nitrogens is 2. The van der Waals surface area contributed by atoms with Crippen LogP contribution in [0.2, 0.25) is 0 Å². The van der Waals surface area contributed by atoms with Crippen molar-refractivity contribution < 1.29 is 9.59 Å². The van der Waals surface area contributed by atoms with E-state index in [1.54, 1.807) is 23.9 Å². The molecule has 0 saturated carbocycles. The average Bonchev–Trinajstić information content (AvgIpc) is 2.90. The second kappa shape index (κ2) is 11.2. The molecule has 0 N–H and O–H groups in total. The third kappa shape index (κ3) is 5.76. The summed E-state index contributed by atoms with van der Waals surface area (Å²) in [6.07, 6.45) is 0. The Balaban J connectivity index is 1.49. The Morgan fingerprint density at radius 3 is 1.35 bits per heavy atom. The quantitative estimate of drug-likeness (QED) is 0.320. The molecule has 0 fully saturated rings. The number of anilines is 2. The minimum Gasteiger partial charge on any atom is -0.315 e. The molecule has 4 rings (SSSR count). The fraction of sp³-hybridized carbons (Fsp3) is 0.154. The summed E-state index contributed by atoms with van der Waals surface area (Å²) in [6.45, 7) is 0. The highest BCUT2D eigenvalue weighted by Crippen LogP contribution is 2.30. The van der Waals surface area contributed by atoms with E-state index in [9.17, 15) is 9.59 Å². The Labute approximate surface area is 207 Å². The number of fused-ring (bicyclic) bond motifs is 1. The van der Waals surface area contributed by atoms with Crippen LogP contribution in [0, 0.1) is 0 Å². The predicted molar refractivity (Wildman–Crippen MR) is 141 cm³/mol. The highest BCUT2D eigenvalue weighted by Gasteiger charge is 2.18. The van der Waals surface area contributed by atoms with Crippen molar-refractivity contribution in [1.82, 2.24) is 9.97 Å². The van der Waals surface area contributed by atoms with Gasteiger partial charge in [0.2, 0.25) is 11.8 Å². The van der Waals surface area contributed by atoms with E-state index in [1.807, 2.05) is 84.9 Å². The summed E-state index contributed by atoms with van der Waals surface area (Å²) >= 11 is 2.68. The molecule has 1 heterocycles. The number of benzene rings is 3. The molecular formula is C26H24N4O2S2. The van der Waals surface area contributed by atoms with Crippen molar-refractivity contribution in [3.63, 3.8) is 0 Å². The first-order chi connectivity index (χ1) is 16.5. The minimum absolute atomic E-state index is 0.0398. The molecule has 2 amide bonds. The Morgan fingerprint density at radius 1 is 0.618 bits per heavy atom. The number of hydrogen-bond acceptors (Lipinski definition) is 6. The first-order valence-corrected chi connectivity index (χ1v) is 12.7. The van der Waals surface area contributed by atoms with E-state index >= 15 is 0 Å². The molecular weight excluding hydrogens is 464 g/mol. The van der Waals surface area contributed by atoms with E-state index in [0.29, 0.717) is 10.1 Å². The van der Waals surface area contributed by atoms with Crippen LogP contribution >= 0.6 is 23.5 Å². The summed E-state index contributed by atoms with van der Waals surface area (Å²) in [5, 5.41) is 1.29. The van der Waals surface area contributed by atoms with Crippen LogP contribution in [-0.4, -0.2) is 47.4 Å². The minimum atomic E-state index is -0.0398. The van der Waals surface area contributed by atoms with Crippen LogP contribution in [-0.2, 0) is 9.59 Å². The van der Waals surface area contributed by atoms with E-state index in [4.69, 9.17) is 9.97 Å². The first-order valence-electron chi connectivity index (χ1n) is 10.7. The number of thioether (sulfide) groups is 2. The van der Waals surface area contributed by atoms with Crippen molar-refractivity contribution in [2.75, 3.05) is 35.4 Å². The molecule has 0 unspecified atom stereocenters. The molecule has 1 aromatic heterocycles. The Kier molecular flexibility index (Phi) is 7.82. The summed E-state index contributed by atoms with van der Waals surface area (Å²) in [5.41, 5.74) is 3.18. The monoisotopic (exact) mass is 488 g/mol. The molecule has 0 aliphatic carbocycles. The van der Waals surface area contributed by atoms with E-state index in [2.05, 4.69) is 0 Å². The fourth-order valence-electron chi connectivity index (χ4n) is 3.20. The normalized spacial score (nSPS) is 10.8. The summed E-state index contributed by atoms with van der Waals surface area (Å²) < 4.78 is 0. The van der Waals surface area contributed by atoms with Gasteiger partial charge in [-0.3, -0.25) is 9.59 Å². The fourth-order valence-corrected chi connectivity index (χ4v) is 5.13. The summed E-state index contributed by atoms with van der Waals surface area (Å²) in [7, 11) is 3.52. The number of nitrogens with zero attached hydrogens (tertiary/aromatic N) is 4. The maximum atomic E-state index is 12.8. The van der Waals surface area contributed by atoms with Crippen LogP contribution in [0.1, 0.15) is 0 Å². The van der Waals surface area contributed by atoms with Crippen molar-refractivity contribution in [2.45, 2.75) is 10.1 Å².